The van der Waals surface area contributed by atoms with Crippen LogP contribution in [0.1, 0.15) is 36.1 Å². The molecule has 0 radical (unpaired) electrons. The second-order valence-electron chi connectivity index (χ2n) is 8.43. The van der Waals surface area contributed by atoms with Crippen molar-refractivity contribution in [2.45, 2.75) is 25.8 Å². The van der Waals surface area contributed by atoms with E-state index in [9.17, 15) is 14.7 Å². The molecule has 8 heteroatoms. The van der Waals surface area contributed by atoms with Crippen molar-refractivity contribution >= 4 is 29.1 Å². The molecule has 1 unspecified atom stereocenters. The van der Waals surface area contributed by atoms with Gasteiger partial charge >= 0.3 is 0 Å². The molecule has 2 aromatic carbocycles. The van der Waals surface area contributed by atoms with Crippen LogP contribution in [-0.2, 0) is 16.0 Å². The predicted octanol–water partition coefficient (Wildman–Crippen LogP) is 4.29. The third-order valence-corrected chi connectivity index (χ3v) is 6.27. The zero-order valence-corrected chi connectivity index (χ0v) is 21.0. The highest BCUT2D eigenvalue weighted by atomic mass is 35.5. The summed E-state index contributed by atoms with van der Waals surface area (Å²) in [4.78, 5) is 29.9. The Balaban J connectivity index is 2.18. The number of benzene rings is 2. The lowest BCUT2D eigenvalue weighted by Crippen LogP contribution is -2.32. The summed E-state index contributed by atoms with van der Waals surface area (Å²) < 4.78 is 10.7. The molecule has 1 atom stereocenters. The zero-order chi connectivity index (χ0) is 25.0. The number of Topliss-reactive ketones (excluding diaryl/α,β-unsaturated/α-hetero) is 1. The Bertz CT molecular complexity index is 1100. The van der Waals surface area contributed by atoms with Crippen molar-refractivity contribution in [3.63, 3.8) is 0 Å². The summed E-state index contributed by atoms with van der Waals surface area (Å²) in [5.74, 6) is -1.12. The van der Waals surface area contributed by atoms with Gasteiger partial charge < -0.3 is 24.4 Å². The Morgan fingerprint density at radius 3 is 2.29 bits per heavy atom. The van der Waals surface area contributed by atoms with Gasteiger partial charge in [0.1, 0.15) is 17.3 Å². The second kappa shape index (κ2) is 10.9. The van der Waals surface area contributed by atoms with Crippen LogP contribution in [0.15, 0.2) is 42.0 Å². The van der Waals surface area contributed by atoms with E-state index in [2.05, 4.69) is 6.92 Å². The molecule has 7 nitrogen and oxygen atoms in total. The lowest BCUT2D eigenvalue weighted by molar-refractivity contribution is -0.139. The summed E-state index contributed by atoms with van der Waals surface area (Å²) in [5.41, 5.74) is 2.13. The molecule has 0 aliphatic carbocycles. The van der Waals surface area contributed by atoms with E-state index in [1.165, 1.54) is 31.3 Å². The summed E-state index contributed by atoms with van der Waals surface area (Å²) in [6, 6.07) is 10.0. The molecule has 0 spiro atoms. The molecule has 0 aromatic heterocycles. The van der Waals surface area contributed by atoms with Crippen LogP contribution in [-0.4, -0.2) is 68.0 Å². The number of methoxy groups -OCH3 is 2. The molecule has 1 aliphatic rings. The topological polar surface area (TPSA) is 79.3 Å². The van der Waals surface area contributed by atoms with Gasteiger partial charge in [-0.2, -0.15) is 0 Å². The van der Waals surface area contributed by atoms with E-state index in [-0.39, 0.29) is 22.6 Å². The van der Waals surface area contributed by atoms with E-state index in [1.807, 2.05) is 43.3 Å². The fourth-order valence-corrected chi connectivity index (χ4v) is 4.37. The number of hydrogen-bond donors (Lipinski definition) is 1. The van der Waals surface area contributed by atoms with Gasteiger partial charge in [0, 0.05) is 12.6 Å². The first kappa shape index (κ1) is 25.6. The van der Waals surface area contributed by atoms with E-state index >= 15 is 0 Å². The van der Waals surface area contributed by atoms with E-state index in [4.69, 9.17) is 21.1 Å². The quantitative estimate of drug-likeness (QED) is 0.323. The zero-order valence-electron chi connectivity index (χ0n) is 20.2. The standard InChI is InChI=1S/C26H31ClN2O5/c1-6-16-8-10-17(11-9-16)23-22(25(31)26(32)29(23)13-7-12-28(2)3)24(30)18-14-21(34-5)19(27)15-20(18)33-4/h8-11,14-15,23,30H,6-7,12-13H2,1-5H3/b24-22+. The molecule has 182 valence electrons. The number of carbonyl (C=O) groups excluding carboxylic acids is 2. The number of rotatable bonds is 9. The van der Waals surface area contributed by atoms with E-state index in [0.717, 1.165) is 24.1 Å². The number of ketones is 1. The van der Waals surface area contributed by atoms with Crippen molar-refractivity contribution in [1.29, 1.82) is 0 Å². The Hall–Kier alpha value is -3.03. The summed E-state index contributed by atoms with van der Waals surface area (Å²) in [6.45, 7) is 3.19. The van der Waals surface area contributed by atoms with Crippen LogP contribution < -0.4 is 9.47 Å². The van der Waals surface area contributed by atoms with Crippen molar-refractivity contribution in [1.82, 2.24) is 9.80 Å². The number of likely N-dealkylation sites (tertiary alicyclic amines) is 1. The summed E-state index contributed by atoms with van der Waals surface area (Å²) in [6.07, 6.45) is 1.55. The van der Waals surface area contributed by atoms with Crippen molar-refractivity contribution < 1.29 is 24.2 Å². The number of nitrogens with zero attached hydrogens (tertiary/aromatic N) is 2. The molecular weight excluding hydrogens is 456 g/mol. The Kier molecular flexibility index (Phi) is 8.23. The molecule has 3 rings (SSSR count). The maximum absolute atomic E-state index is 13.2. The van der Waals surface area contributed by atoms with Crippen molar-refractivity contribution in [3.05, 3.63) is 63.7 Å². The van der Waals surface area contributed by atoms with Gasteiger partial charge in [0.2, 0.25) is 0 Å². The second-order valence-corrected chi connectivity index (χ2v) is 8.84. The first-order chi connectivity index (χ1) is 16.2. The molecule has 1 N–H and O–H groups in total. The van der Waals surface area contributed by atoms with Crippen molar-refractivity contribution in [3.8, 4) is 11.5 Å². The van der Waals surface area contributed by atoms with Crippen molar-refractivity contribution in [2.24, 2.45) is 0 Å². The summed E-state index contributed by atoms with van der Waals surface area (Å²) >= 11 is 6.22. The molecule has 2 aromatic rings. The highest BCUT2D eigenvalue weighted by molar-refractivity contribution is 6.46. The molecule has 34 heavy (non-hydrogen) atoms. The monoisotopic (exact) mass is 486 g/mol. The minimum Gasteiger partial charge on any atom is -0.507 e. The maximum atomic E-state index is 13.2. The fraction of sp³-hybridized carbons (Fsp3) is 0.385. The van der Waals surface area contributed by atoms with E-state index < -0.39 is 17.7 Å². The molecule has 1 fully saturated rings. The molecule has 0 saturated carbocycles. The lowest BCUT2D eigenvalue weighted by atomic mass is 9.94. The van der Waals surface area contributed by atoms with E-state index in [0.29, 0.717) is 23.7 Å². The highest BCUT2D eigenvalue weighted by Crippen LogP contribution is 2.43. The smallest absolute Gasteiger partial charge is 0.295 e. The number of ether oxygens (including phenoxy) is 2. The van der Waals surface area contributed by atoms with Crippen LogP contribution in [0.2, 0.25) is 5.02 Å². The maximum Gasteiger partial charge on any atom is 0.295 e. The minimum absolute atomic E-state index is 0.0155. The van der Waals surface area contributed by atoms with Gasteiger partial charge in [-0.15, -0.1) is 0 Å². The third-order valence-electron chi connectivity index (χ3n) is 5.98. The first-order valence-electron chi connectivity index (χ1n) is 11.2. The number of halogens is 1. The fourth-order valence-electron chi connectivity index (χ4n) is 4.14. The third kappa shape index (κ3) is 5.05. The molecule has 1 amide bonds. The van der Waals surface area contributed by atoms with Crippen LogP contribution >= 0.6 is 11.6 Å². The Labute approximate surface area is 205 Å². The number of aliphatic hydroxyl groups excluding tert-OH is 1. The van der Waals surface area contributed by atoms with Crippen LogP contribution in [0.25, 0.3) is 5.76 Å². The molecule has 1 saturated heterocycles. The predicted molar refractivity (Wildman–Crippen MR) is 133 cm³/mol. The SMILES string of the molecule is CCc1ccc(C2/C(=C(\O)c3cc(OC)c(Cl)cc3OC)C(=O)C(=O)N2CCCN(C)C)cc1. The van der Waals surface area contributed by atoms with Crippen LogP contribution in [0.4, 0.5) is 0 Å². The lowest BCUT2D eigenvalue weighted by Gasteiger charge is -2.26. The first-order valence-corrected chi connectivity index (χ1v) is 11.5. The number of aliphatic hydroxyl groups is 1. The molecule has 0 bridgehead atoms. The normalized spacial score (nSPS) is 17.5. The largest absolute Gasteiger partial charge is 0.507 e. The number of amides is 1. The van der Waals surface area contributed by atoms with Gasteiger partial charge in [0.05, 0.1) is 36.4 Å². The number of aryl methyl sites for hydroxylation is 1. The number of hydrogen-bond acceptors (Lipinski definition) is 6. The van der Waals surface area contributed by atoms with Gasteiger partial charge in [0.25, 0.3) is 11.7 Å². The molecule has 1 heterocycles. The van der Waals surface area contributed by atoms with Crippen LogP contribution in [0.5, 0.6) is 11.5 Å². The summed E-state index contributed by atoms with van der Waals surface area (Å²) in [7, 11) is 6.80. The van der Waals surface area contributed by atoms with Crippen molar-refractivity contribution in [2.75, 3.05) is 41.4 Å². The average Bonchev–Trinajstić information content (AvgIpc) is 3.08. The van der Waals surface area contributed by atoms with E-state index in [1.54, 1.807) is 0 Å². The molecule has 1 aliphatic heterocycles. The summed E-state index contributed by atoms with van der Waals surface area (Å²) in [5, 5.41) is 11.7. The van der Waals surface area contributed by atoms with Crippen LogP contribution in [0.3, 0.4) is 0 Å². The minimum atomic E-state index is -0.733. The van der Waals surface area contributed by atoms with Gasteiger partial charge in [-0.05, 0) is 50.7 Å². The van der Waals surface area contributed by atoms with Gasteiger partial charge in [-0.3, -0.25) is 9.59 Å². The van der Waals surface area contributed by atoms with Crippen LogP contribution in [0, 0.1) is 0 Å². The Morgan fingerprint density at radius 2 is 1.74 bits per heavy atom. The van der Waals surface area contributed by atoms with Gasteiger partial charge in [-0.1, -0.05) is 42.8 Å². The average molecular weight is 487 g/mol. The number of carbonyl (C=O) groups is 2. The van der Waals surface area contributed by atoms with Gasteiger partial charge in [0.15, 0.2) is 0 Å². The van der Waals surface area contributed by atoms with Gasteiger partial charge in [-0.25, -0.2) is 0 Å². The Morgan fingerprint density at radius 1 is 1.09 bits per heavy atom. The molecular formula is C26H31ClN2O5. The highest BCUT2D eigenvalue weighted by Gasteiger charge is 2.46.